The number of piperidine rings is 1. The Kier molecular flexibility index (Phi) is 7.13. The van der Waals surface area contributed by atoms with Gasteiger partial charge in [-0.25, -0.2) is 0 Å². The van der Waals surface area contributed by atoms with E-state index in [-0.39, 0.29) is 28.6 Å². The second-order valence-corrected chi connectivity index (χ2v) is 9.73. The molecule has 2 amide bonds. The molecule has 0 spiro atoms. The highest BCUT2D eigenvalue weighted by Gasteiger charge is 2.32. The van der Waals surface area contributed by atoms with E-state index in [1.165, 1.54) is 5.56 Å². The minimum absolute atomic E-state index is 0.0184. The van der Waals surface area contributed by atoms with Crippen molar-refractivity contribution in [1.29, 1.82) is 0 Å². The highest BCUT2D eigenvalue weighted by atomic mass is 16.5. The van der Waals surface area contributed by atoms with Gasteiger partial charge in [-0.2, -0.15) is 0 Å². The van der Waals surface area contributed by atoms with E-state index in [1.807, 2.05) is 37.8 Å². The number of benzene rings is 1. The first-order valence-corrected chi connectivity index (χ1v) is 10.3. The van der Waals surface area contributed by atoms with Crippen LogP contribution in [0.4, 0.5) is 0 Å². The lowest BCUT2D eigenvalue weighted by atomic mass is 9.87. The van der Waals surface area contributed by atoms with Gasteiger partial charge in [-0.1, -0.05) is 53.7 Å². The Morgan fingerprint density at radius 3 is 2.11 bits per heavy atom. The van der Waals surface area contributed by atoms with Gasteiger partial charge >= 0.3 is 0 Å². The first kappa shape index (κ1) is 22.3. The highest BCUT2D eigenvalue weighted by molar-refractivity contribution is 5.82. The van der Waals surface area contributed by atoms with Gasteiger partial charge in [-0.15, -0.1) is 0 Å². The number of ether oxygens (including phenoxy) is 1. The average molecular weight is 389 g/mol. The third kappa shape index (κ3) is 6.25. The maximum absolute atomic E-state index is 12.4. The standard InChI is InChI=1S/C23H36N2O3/c1-22(2,3)18-7-9-19(10-8-18)28-16-13-24-20(26)17-11-14-25(15-12-17)21(27)23(4,5)6/h7-10,17H,11-16H2,1-6H3,(H,24,26). The van der Waals surface area contributed by atoms with E-state index in [9.17, 15) is 9.59 Å². The fraction of sp³-hybridized carbons (Fsp3) is 0.652. The van der Waals surface area contributed by atoms with Gasteiger partial charge in [-0.3, -0.25) is 9.59 Å². The van der Waals surface area contributed by atoms with Crippen LogP contribution in [0.1, 0.15) is 59.9 Å². The molecule has 1 saturated heterocycles. The molecule has 28 heavy (non-hydrogen) atoms. The quantitative estimate of drug-likeness (QED) is 0.781. The van der Waals surface area contributed by atoms with Crippen LogP contribution in [0.25, 0.3) is 0 Å². The van der Waals surface area contributed by atoms with Crippen molar-refractivity contribution >= 4 is 11.8 Å². The molecule has 1 N–H and O–H groups in total. The molecule has 0 bridgehead atoms. The summed E-state index contributed by atoms with van der Waals surface area (Å²) in [6, 6.07) is 8.12. The summed E-state index contributed by atoms with van der Waals surface area (Å²) < 4.78 is 5.73. The van der Waals surface area contributed by atoms with Crippen LogP contribution in [-0.4, -0.2) is 43.0 Å². The minimum Gasteiger partial charge on any atom is -0.492 e. The van der Waals surface area contributed by atoms with Crippen molar-refractivity contribution in [2.75, 3.05) is 26.2 Å². The third-order valence-corrected chi connectivity index (χ3v) is 5.18. The number of rotatable bonds is 5. The first-order valence-electron chi connectivity index (χ1n) is 10.3. The largest absolute Gasteiger partial charge is 0.492 e. The number of hydrogen-bond acceptors (Lipinski definition) is 3. The molecule has 0 saturated carbocycles. The van der Waals surface area contributed by atoms with Crippen molar-refractivity contribution in [1.82, 2.24) is 10.2 Å². The summed E-state index contributed by atoms with van der Waals surface area (Å²) in [6.45, 7) is 14.6. The number of carbonyl (C=O) groups excluding carboxylic acids is 2. The Balaban J connectivity index is 1.69. The van der Waals surface area contributed by atoms with Crippen molar-refractivity contribution in [3.05, 3.63) is 29.8 Å². The smallest absolute Gasteiger partial charge is 0.227 e. The predicted molar refractivity (Wildman–Crippen MR) is 112 cm³/mol. The van der Waals surface area contributed by atoms with E-state index in [2.05, 4.69) is 38.2 Å². The van der Waals surface area contributed by atoms with Gasteiger partial charge in [-0.05, 0) is 36.0 Å². The van der Waals surface area contributed by atoms with E-state index >= 15 is 0 Å². The zero-order valence-corrected chi connectivity index (χ0v) is 18.3. The van der Waals surface area contributed by atoms with Gasteiger partial charge in [0.2, 0.25) is 11.8 Å². The van der Waals surface area contributed by atoms with E-state index in [0.29, 0.717) is 26.2 Å². The summed E-state index contributed by atoms with van der Waals surface area (Å²) in [5.41, 5.74) is 1.03. The second kappa shape index (κ2) is 8.97. The SMILES string of the molecule is CC(C)(C)C(=O)N1CCC(C(=O)NCCOc2ccc(C(C)(C)C)cc2)CC1. The monoisotopic (exact) mass is 388 g/mol. The van der Waals surface area contributed by atoms with Crippen LogP contribution in [0.15, 0.2) is 24.3 Å². The van der Waals surface area contributed by atoms with E-state index in [4.69, 9.17) is 4.74 Å². The average Bonchev–Trinajstić information content (AvgIpc) is 2.63. The van der Waals surface area contributed by atoms with Gasteiger partial charge in [0.25, 0.3) is 0 Å². The van der Waals surface area contributed by atoms with Crippen molar-refractivity contribution in [3.63, 3.8) is 0 Å². The molecule has 1 aromatic carbocycles. The van der Waals surface area contributed by atoms with Crippen LogP contribution in [0, 0.1) is 11.3 Å². The molecule has 1 fully saturated rings. The molecule has 1 heterocycles. The molecule has 1 aliphatic heterocycles. The molecule has 1 aliphatic rings. The van der Waals surface area contributed by atoms with Crippen molar-refractivity contribution in [2.45, 2.75) is 59.8 Å². The normalized spacial score (nSPS) is 16.0. The van der Waals surface area contributed by atoms with E-state index < -0.39 is 0 Å². The second-order valence-electron chi connectivity index (χ2n) is 9.73. The summed E-state index contributed by atoms with van der Waals surface area (Å²) in [5.74, 6) is 1.03. The molecule has 2 rings (SSSR count). The molecule has 156 valence electrons. The molecule has 0 aliphatic carbocycles. The molecule has 1 aromatic rings. The van der Waals surface area contributed by atoms with Gasteiger partial charge < -0.3 is 15.0 Å². The minimum atomic E-state index is -0.364. The summed E-state index contributed by atoms with van der Waals surface area (Å²) in [7, 11) is 0. The summed E-state index contributed by atoms with van der Waals surface area (Å²) >= 11 is 0. The van der Waals surface area contributed by atoms with Crippen LogP contribution in [0.5, 0.6) is 5.75 Å². The van der Waals surface area contributed by atoms with E-state index in [0.717, 1.165) is 18.6 Å². The van der Waals surface area contributed by atoms with Gasteiger partial charge in [0, 0.05) is 24.4 Å². The molecule has 5 heteroatoms. The Bertz CT molecular complexity index is 661. The number of hydrogen-bond donors (Lipinski definition) is 1. The number of likely N-dealkylation sites (tertiary alicyclic amines) is 1. The maximum atomic E-state index is 12.4. The van der Waals surface area contributed by atoms with Crippen molar-refractivity contribution in [2.24, 2.45) is 11.3 Å². The van der Waals surface area contributed by atoms with Gasteiger partial charge in [0.15, 0.2) is 0 Å². The van der Waals surface area contributed by atoms with Crippen LogP contribution in [0.2, 0.25) is 0 Å². The molecular weight excluding hydrogens is 352 g/mol. The van der Waals surface area contributed by atoms with E-state index in [1.54, 1.807) is 0 Å². The number of nitrogens with one attached hydrogen (secondary N) is 1. The number of nitrogens with zero attached hydrogens (tertiary/aromatic N) is 1. The Morgan fingerprint density at radius 1 is 1.04 bits per heavy atom. The van der Waals surface area contributed by atoms with Gasteiger partial charge in [0.05, 0.1) is 6.54 Å². The van der Waals surface area contributed by atoms with Crippen molar-refractivity contribution in [3.8, 4) is 5.75 Å². The highest BCUT2D eigenvalue weighted by Crippen LogP contribution is 2.25. The molecule has 5 nitrogen and oxygen atoms in total. The number of carbonyl (C=O) groups is 2. The molecular formula is C23H36N2O3. The van der Waals surface area contributed by atoms with Crippen molar-refractivity contribution < 1.29 is 14.3 Å². The molecule has 0 aromatic heterocycles. The Labute approximate surface area is 169 Å². The predicted octanol–water partition coefficient (Wildman–Crippen LogP) is 3.76. The summed E-state index contributed by atoms with van der Waals surface area (Å²) in [4.78, 5) is 26.6. The zero-order chi connectivity index (χ0) is 20.9. The van der Waals surface area contributed by atoms with Crippen LogP contribution >= 0.6 is 0 Å². The first-order chi connectivity index (χ1) is 13.0. The Morgan fingerprint density at radius 2 is 1.61 bits per heavy atom. The lowest BCUT2D eigenvalue weighted by molar-refractivity contribution is -0.142. The number of amides is 2. The van der Waals surface area contributed by atoms with Crippen LogP contribution in [0.3, 0.4) is 0 Å². The maximum Gasteiger partial charge on any atom is 0.227 e. The lowest BCUT2D eigenvalue weighted by Crippen LogP contribution is -2.47. The zero-order valence-electron chi connectivity index (χ0n) is 18.3. The summed E-state index contributed by atoms with van der Waals surface area (Å²) in [6.07, 6.45) is 1.45. The topological polar surface area (TPSA) is 58.6 Å². The fourth-order valence-electron chi connectivity index (χ4n) is 3.36. The molecule has 0 radical (unpaired) electrons. The fourth-order valence-corrected chi connectivity index (χ4v) is 3.36. The molecule has 0 unspecified atom stereocenters. The third-order valence-electron chi connectivity index (χ3n) is 5.18. The summed E-state index contributed by atoms with van der Waals surface area (Å²) in [5, 5.41) is 2.97. The Hall–Kier alpha value is -2.04. The lowest BCUT2D eigenvalue weighted by Gasteiger charge is -2.35. The van der Waals surface area contributed by atoms with Crippen LogP contribution < -0.4 is 10.1 Å². The van der Waals surface area contributed by atoms with Crippen LogP contribution in [-0.2, 0) is 15.0 Å². The molecule has 0 atom stereocenters. The van der Waals surface area contributed by atoms with Gasteiger partial charge in [0.1, 0.15) is 12.4 Å².